The Bertz CT molecular complexity index is 488. The number of halogens is 1. The summed E-state index contributed by atoms with van der Waals surface area (Å²) in [5, 5.41) is 3.35. The first-order valence-corrected chi connectivity index (χ1v) is 7.70. The Hall–Kier alpha value is -1.58. The van der Waals surface area contributed by atoms with Gasteiger partial charge in [0.05, 0.1) is 6.61 Å². The number of anilines is 1. The molecule has 1 aliphatic rings. The normalized spacial score (nSPS) is 29.0. The number of hydrogen-bond donors (Lipinski definition) is 1. The van der Waals surface area contributed by atoms with Gasteiger partial charge in [-0.15, -0.1) is 0 Å². The van der Waals surface area contributed by atoms with Crippen LogP contribution in [-0.2, 0) is 9.53 Å². The van der Waals surface area contributed by atoms with Crippen LogP contribution in [0.25, 0.3) is 0 Å². The molecule has 3 nitrogen and oxygen atoms in total. The molecule has 0 radical (unpaired) electrons. The lowest BCUT2D eigenvalue weighted by molar-refractivity contribution is -0.152. The first-order chi connectivity index (χ1) is 9.99. The summed E-state index contributed by atoms with van der Waals surface area (Å²) in [6.07, 6.45) is 2.85. The van der Waals surface area contributed by atoms with Gasteiger partial charge in [0.2, 0.25) is 0 Å². The van der Waals surface area contributed by atoms with Crippen LogP contribution in [-0.4, -0.2) is 18.1 Å². The number of rotatable bonds is 4. The van der Waals surface area contributed by atoms with Crippen molar-refractivity contribution < 1.29 is 13.9 Å². The van der Waals surface area contributed by atoms with Crippen LogP contribution in [0, 0.1) is 17.7 Å². The predicted octanol–water partition coefficient (Wildman–Crippen LogP) is 4.00. The number of esters is 1. The van der Waals surface area contributed by atoms with E-state index in [0.717, 1.165) is 24.9 Å². The quantitative estimate of drug-likeness (QED) is 0.853. The molecular formula is C17H24FNO2. The molecule has 0 saturated heterocycles. The van der Waals surface area contributed by atoms with Crippen molar-refractivity contribution in [3.8, 4) is 0 Å². The average molecular weight is 293 g/mol. The standard InChI is InChI=1S/C17H24FNO2/c1-4-21-16(20)17(11-5-6-12(2)13(17)3)19-15-9-7-14(18)8-10-15/h7-10,12-13,19H,4-6,11H2,1-3H3. The predicted molar refractivity (Wildman–Crippen MR) is 81.6 cm³/mol. The molecule has 0 aliphatic heterocycles. The van der Waals surface area contributed by atoms with E-state index in [-0.39, 0.29) is 17.7 Å². The topological polar surface area (TPSA) is 38.3 Å². The Morgan fingerprint density at radius 2 is 2.05 bits per heavy atom. The number of hydrogen-bond acceptors (Lipinski definition) is 3. The fraction of sp³-hybridized carbons (Fsp3) is 0.588. The molecule has 21 heavy (non-hydrogen) atoms. The van der Waals surface area contributed by atoms with Crippen molar-refractivity contribution in [2.45, 2.75) is 45.6 Å². The molecule has 1 N–H and O–H groups in total. The van der Waals surface area contributed by atoms with Crippen molar-refractivity contribution in [2.24, 2.45) is 11.8 Å². The zero-order valence-corrected chi connectivity index (χ0v) is 13.0. The van der Waals surface area contributed by atoms with E-state index < -0.39 is 5.54 Å². The van der Waals surface area contributed by atoms with E-state index in [1.807, 2.05) is 6.92 Å². The molecule has 0 amide bonds. The molecule has 1 aromatic carbocycles. The lowest BCUT2D eigenvalue weighted by atomic mass is 9.68. The third-order valence-corrected chi connectivity index (χ3v) is 4.71. The molecule has 1 saturated carbocycles. The zero-order valence-electron chi connectivity index (χ0n) is 13.0. The Morgan fingerprint density at radius 3 is 2.67 bits per heavy atom. The van der Waals surface area contributed by atoms with Crippen molar-refractivity contribution >= 4 is 11.7 Å². The summed E-state index contributed by atoms with van der Waals surface area (Å²) in [4.78, 5) is 12.6. The monoisotopic (exact) mass is 293 g/mol. The van der Waals surface area contributed by atoms with E-state index in [0.29, 0.717) is 12.5 Å². The molecule has 3 unspecified atom stereocenters. The number of carbonyl (C=O) groups excluding carboxylic acids is 1. The van der Waals surface area contributed by atoms with Crippen LogP contribution in [0.1, 0.15) is 40.0 Å². The summed E-state index contributed by atoms with van der Waals surface area (Å²) in [5.74, 6) is 0.121. The van der Waals surface area contributed by atoms with E-state index in [4.69, 9.17) is 4.74 Å². The zero-order chi connectivity index (χ0) is 15.5. The SMILES string of the molecule is CCOC(=O)C1(Nc2ccc(F)cc2)CCCC(C)C1C. The molecule has 1 fully saturated rings. The summed E-state index contributed by atoms with van der Waals surface area (Å²) in [5.41, 5.74) is 0.0382. The van der Waals surface area contributed by atoms with Gasteiger partial charge in [0.1, 0.15) is 11.4 Å². The van der Waals surface area contributed by atoms with Crippen LogP contribution in [0.3, 0.4) is 0 Å². The van der Waals surface area contributed by atoms with Gasteiger partial charge in [-0.3, -0.25) is 0 Å². The summed E-state index contributed by atoms with van der Waals surface area (Å²) in [6, 6.07) is 6.14. The summed E-state index contributed by atoms with van der Waals surface area (Å²) >= 11 is 0. The number of benzene rings is 1. The minimum Gasteiger partial charge on any atom is -0.464 e. The van der Waals surface area contributed by atoms with Crippen LogP contribution in [0.5, 0.6) is 0 Å². The average Bonchev–Trinajstić information content (AvgIpc) is 2.46. The highest BCUT2D eigenvalue weighted by atomic mass is 19.1. The number of ether oxygens (including phenoxy) is 1. The van der Waals surface area contributed by atoms with Gasteiger partial charge in [-0.1, -0.05) is 26.7 Å². The van der Waals surface area contributed by atoms with Gasteiger partial charge in [-0.25, -0.2) is 9.18 Å². The maximum atomic E-state index is 13.1. The van der Waals surface area contributed by atoms with Gasteiger partial charge in [-0.2, -0.15) is 0 Å². The molecule has 1 aliphatic carbocycles. The second-order valence-electron chi connectivity index (χ2n) is 5.98. The number of carbonyl (C=O) groups is 1. The van der Waals surface area contributed by atoms with Crippen molar-refractivity contribution in [1.82, 2.24) is 0 Å². The Kier molecular flexibility index (Phi) is 4.86. The van der Waals surface area contributed by atoms with E-state index in [1.54, 1.807) is 12.1 Å². The third-order valence-electron chi connectivity index (χ3n) is 4.71. The summed E-state index contributed by atoms with van der Waals surface area (Å²) in [7, 11) is 0. The summed E-state index contributed by atoms with van der Waals surface area (Å²) < 4.78 is 18.4. The molecular weight excluding hydrogens is 269 g/mol. The smallest absolute Gasteiger partial charge is 0.332 e. The van der Waals surface area contributed by atoms with Gasteiger partial charge in [0, 0.05) is 5.69 Å². The Balaban J connectivity index is 2.31. The molecule has 2 rings (SSSR count). The van der Waals surface area contributed by atoms with Crippen LogP contribution in [0.15, 0.2) is 24.3 Å². The second kappa shape index (κ2) is 6.46. The lowest BCUT2D eigenvalue weighted by Gasteiger charge is -2.44. The maximum Gasteiger partial charge on any atom is 0.332 e. The van der Waals surface area contributed by atoms with Gasteiger partial charge in [0.15, 0.2) is 0 Å². The highest BCUT2D eigenvalue weighted by molar-refractivity contribution is 5.85. The fourth-order valence-corrected chi connectivity index (χ4v) is 3.23. The van der Waals surface area contributed by atoms with E-state index in [1.165, 1.54) is 12.1 Å². The van der Waals surface area contributed by atoms with Gasteiger partial charge >= 0.3 is 5.97 Å². The first kappa shape index (κ1) is 15.8. The Morgan fingerprint density at radius 1 is 1.38 bits per heavy atom. The van der Waals surface area contributed by atoms with Crippen molar-refractivity contribution in [3.05, 3.63) is 30.1 Å². The molecule has 0 bridgehead atoms. The van der Waals surface area contributed by atoms with Crippen molar-refractivity contribution in [2.75, 3.05) is 11.9 Å². The molecule has 0 spiro atoms. The molecule has 4 heteroatoms. The number of nitrogens with one attached hydrogen (secondary N) is 1. The molecule has 1 aromatic rings. The van der Waals surface area contributed by atoms with Gasteiger partial charge in [0.25, 0.3) is 0 Å². The minimum absolute atomic E-state index is 0.162. The maximum absolute atomic E-state index is 13.1. The third kappa shape index (κ3) is 3.20. The molecule has 116 valence electrons. The summed E-state index contributed by atoms with van der Waals surface area (Å²) in [6.45, 7) is 6.45. The van der Waals surface area contributed by atoms with E-state index in [9.17, 15) is 9.18 Å². The Labute approximate surface area is 125 Å². The second-order valence-corrected chi connectivity index (χ2v) is 5.98. The van der Waals surface area contributed by atoms with Crippen molar-refractivity contribution in [1.29, 1.82) is 0 Å². The lowest BCUT2D eigenvalue weighted by Crippen LogP contribution is -2.56. The van der Waals surface area contributed by atoms with Gasteiger partial charge in [-0.05, 0) is 49.4 Å². The fourth-order valence-electron chi connectivity index (χ4n) is 3.23. The highest BCUT2D eigenvalue weighted by Gasteiger charge is 2.48. The van der Waals surface area contributed by atoms with Gasteiger partial charge < -0.3 is 10.1 Å². The minimum atomic E-state index is -0.717. The molecule has 3 atom stereocenters. The van der Waals surface area contributed by atoms with Crippen LogP contribution < -0.4 is 5.32 Å². The molecule has 0 aromatic heterocycles. The van der Waals surface area contributed by atoms with Crippen LogP contribution in [0.4, 0.5) is 10.1 Å². The van der Waals surface area contributed by atoms with Crippen molar-refractivity contribution in [3.63, 3.8) is 0 Å². The van der Waals surface area contributed by atoms with Crippen LogP contribution in [0.2, 0.25) is 0 Å². The molecule has 0 heterocycles. The first-order valence-electron chi connectivity index (χ1n) is 7.70. The largest absolute Gasteiger partial charge is 0.464 e. The van der Waals surface area contributed by atoms with E-state index in [2.05, 4.69) is 19.2 Å². The highest BCUT2D eigenvalue weighted by Crippen LogP contribution is 2.40. The van der Waals surface area contributed by atoms with E-state index >= 15 is 0 Å². The van der Waals surface area contributed by atoms with Crippen LogP contribution >= 0.6 is 0 Å².